The SMILES string of the molecule is CCc1nc2c(C)cccc2c(N)c1C. The van der Waals surface area contributed by atoms with Crippen molar-refractivity contribution < 1.29 is 0 Å². The molecule has 1 heterocycles. The number of para-hydroxylation sites is 1. The Labute approximate surface area is 90.1 Å². The zero-order valence-electron chi connectivity index (χ0n) is 9.46. The van der Waals surface area contributed by atoms with Crippen molar-refractivity contribution in [1.82, 2.24) is 4.98 Å². The Morgan fingerprint density at radius 2 is 2.00 bits per heavy atom. The fourth-order valence-electron chi connectivity index (χ4n) is 1.95. The molecule has 1 aromatic heterocycles. The zero-order chi connectivity index (χ0) is 11.0. The highest BCUT2D eigenvalue weighted by molar-refractivity contribution is 5.93. The van der Waals surface area contributed by atoms with E-state index in [1.165, 1.54) is 5.56 Å². The molecule has 0 spiro atoms. The van der Waals surface area contributed by atoms with Crippen molar-refractivity contribution in [2.24, 2.45) is 0 Å². The van der Waals surface area contributed by atoms with Crippen molar-refractivity contribution in [3.05, 3.63) is 35.0 Å². The molecule has 0 aliphatic heterocycles. The van der Waals surface area contributed by atoms with Crippen molar-refractivity contribution in [2.75, 3.05) is 5.73 Å². The van der Waals surface area contributed by atoms with E-state index in [0.29, 0.717) is 0 Å². The van der Waals surface area contributed by atoms with Crippen LogP contribution in [-0.4, -0.2) is 4.98 Å². The second kappa shape index (κ2) is 3.54. The van der Waals surface area contributed by atoms with Gasteiger partial charge in [0, 0.05) is 16.8 Å². The maximum atomic E-state index is 6.12. The molecule has 0 aliphatic rings. The Balaban J connectivity index is 2.91. The molecule has 0 saturated heterocycles. The average molecular weight is 200 g/mol. The molecule has 0 aliphatic carbocycles. The summed E-state index contributed by atoms with van der Waals surface area (Å²) in [4.78, 5) is 4.67. The Morgan fingerprint density at radius 1 is 1.27 bits per heavy atom. The molecule has 0 amide bonds. The molecule has 2 N–H and O–H groups in total. The van der Waals surface area contributed by atoms with Crippen molar-refractivity contribution in [2.45, 2.75) is 27.2 Å². The van der Waals surface area contributed by atoms with Crippen molar-refractivity contribution in [3.63, 3.8) is 0 Å². The number of anilines is 1. The number of rotatable bonds is 1. The second-order valence-corrected chi connectivity index (χ2v) is 3.92. The fraction of sp³-hybridized carbons (Fsp3) is 0.308. The van der Waals surface area contributed by atoms with Crippen LogP contribution in [0.3, 0.4) is 0 Å². The van der Waals surface area contributed by atoms with E-state index in [0.717, 1.165) is 34.3 Å². The van der Waals surface area contributed by atoms with E-state index in [1.54, 1.807) is 0 Å². The van der Waals surface area contributed by atoms with Gasteiger partial charge in [0.2, 0.25) is 0 Å². The topological polar surface area (TPSA) is 38.9 Å². The van der Waals surface area contributed by atoms with Crippen LogP contribution < -0.4 is 5.73 Å². The van der Waals surface area contributed by atoms with Crippen LogP contribution in [-0.2, 0) is 6.42 Å². The van der Waals surface area contributed by atoms with Gasteiger partial charge in [0.25, 0.3) is 0 Å². The van der Waals surface area contributed by atoms with Gasteiger partial charge in [-0.15, -0.1) is 0 Å². The Hall–Kier alpha value is -1.57. The number of aryl methyl sites for hydroxylation is 2. The van der Waals surface area contributed by atoms with Gasteiger partial charge in [0.15, 0.2) is 0 Å². The van der Waals surface area contributed by atoms with E-state index in [1.807, 2.05) is 19.1 Å². The Kier molecular flexibility index (Phi) is 2.35. The summed E-state index contributed by atoms with van der Waals surface area (Å²) in [5.41, 5.74) is 11.5. The first-order valence-corrected chi connectivity index (χ1v) is 5.29. The van der Waals surface area contributed by atoms with Gasteiger partial charge in [-0.05, 0) is 31.4 Å². The number of nitrogen functional groups attached to an aromatic ring is 1. The van der Waals surface area contributed by atoms with Gasteiger partial charge in [-0.2, -0.15) is 0 Å². The number of pyridine rings is 1. The molecule has 78 valence electrons. The molecule has 2 aromatic rings. The van der Waals surface area contributed by atoms with Gasteiger partial charge < -0.3 is 5.73 Å². The molecule has 0 unspecified atom stereocenters. The number of nitrogens with zero attached hydrogens (tertiary/aromatic N) is 1. The predicted octanol–water partition coefficient (Wildman–Crippen LogP) is 3.00. The first-order valence-electron chi connectivity index (χ1n) is 5.29. The number of hydrogen-bond acceptors (Lipinski definition) is 2. The number of aromatic nitrogens is 1. The molecule has 2 rings (SSSR count). The number of benzene rings is 1. The minimum atomic E-state index is 0.876. The number of fused-ring (bicyclic) bond motifs is 1. The third-order valence-electron chi connectivity index (χ3n) is 2.95. The quantitative estimate of drug-likeness (QED) is 0.768. The van der Waals surface area contributed by atoms with Crippen LogP contribution in [0.1, 0.15) is 23.7 Å². The first-order chi connectivity index (χ1) is 7.15. The summed E-state index contributed by atoms with van der Waals surface area (Å²) in [5.74, 6) is 0. The first kappa shape index (κ1) is 9.97. The van der Waals surface area contributed by atoms with Crippen LogP contribution in [0.15, 0.2) is 18.2 Å². The van der Waals surface area contributed by atoms with Crippen LogP contribution in [0.4, 0.5) is 5.69 Å². The summed E-state index contributed by atoms with van der Waals surface area (Å²) in [6, 6.07) is 6.14. The largest absolute Gasteiger partial charge is 0.398 e. The molecule has 0 saturated carbocycles. The highest BCUT2D eigenvalue weighted by Crippen LogP contribution is 2.27. The van der Waals surface area contributed by atoms with E-state index in [9.17, 15) is 0 Å². The minimum absolute atomic E-state index is 0.876. The van der Waals surface area contributed by atoms with E-state index in [4.69, 9.17) is 5.73 Å². The highest BCUT2D eigenvalue weighted by Gasteiger charge is 2.08. The molecule has 2 heteroatoms. The lowest BCUT2D eigenvalue weighted by molar-refractivity contribution is 1.03. The maximum absolute atomic E-state index is 6.12. The normalized spacial score (nSPS) is 10.9. The third kappa shape index (κ3) is 1.46. The molecular weight excluding hydrogens is 184 g/mol. The van der Waals surface area contributed by atoms with Gasteiger partial charge >= 0.3 is 0 Å². The molecular formula is C13H16N2. The molecule has 0 fully saturated rings. The van der Waals surface area contributed by atoms with Crippen LogP contribution >= 0.6 is 0 Å². The molecule has 0 radical (unpaired) electrons. The van der Waals surface area contributed by atoms with Crippen LogP contribution in [0.2, 0.25) is 0 Å². The molecule has 1 aromatic carbocycles. The highest BCUT2D eigenvalue weighted by atomic mass is 14.7. The zero-order valence-corrected chi connectivity index (χ0v) is 9.46. The van der Waals surface area contributed by atoms with Crippen LogP contribution in [0.5, 0.6) is 0 Å². The molecule has 2 nitrogen and oxygen atoms in total. The standard InChI is InChI=1S/C13H16N2/c1-4-11-9(3)12(14)10-7-5-6-8(2)13(10)15-11/h5-7H,4H2,1-3H3,(H2,14,15). The lowest BCUT2D eigenvalue weighted by Crippen LogP contribution is -2.00. The van der Waals surface area contributed by atoms with Crippen molar-refractivity contribution in [1.29, 1.82) is 0 Å². The summed E-state index contributed by atoms with van der Waals surface area (Å²) in [6.07, 6.45) is 0.931. The minimum Gasteiger partial charge on any atom is -0.398 e. The van der Waals surface area contributed by atoms with E-state index in [-0.39, 0.29) is 0 Å². The van der Waals surface area contributed by atoms with Gasteiger partial charge in [0.05, 0.1) is 5.52 Å². The number of hydrogen-bond donors (Lipinski definition) is 1. The Morgan fingerprint density at radius 3 is 2.67 bits per heavy atom. The van der Waals surface area contributed by atoms with Crippen molar-refractivity contribution >= 4 is 16.6 Å². The van der Waals surface area contributed by atoms with Gasteiger partial charge in [-0.1, -0.05) is 25.1 Å². The summed E-state index contributed by atoms with van der Waals surface area (Å²) >= 11 is 0. The van der Waals surface area contributed by atoms with Gasteiger partial charge in [-0.25, -0.2) is 0 Å². The summed E-state index contributed by atoms with van der Waals surface area (Å²) in [7, 11) is 0. The van der Waals surface area contributed by atoms with Gasteiger partial charge in [0.1, 0.15) is 0 Å². The van der Waals surface area contributed by atoms with Crippen LogP contribution in [0.25, 0.3) is 10.9 Å². The average Bonchev–Trinajstić information content (AvgIpc) is 2.24. The monoisotopic (exact) mass is 200 g/mol. The van der Waals surface area contributed by atoms with E-state index >= 15 is 0 Å². The molecule has 0 bridgehead atoms. The lowest BCUT2D eigenvalue weighted by Gasteiger charge is -2.11. The maximum Gasteiger partial charge on any atom is 0.0755 e. The van der Waals surface area contributed by atoms with Crippen molar-refractivity contribution in [3.8, 4) is 0 Å². The Bertz CT molecular complexity index is 515. The van der Waals surface area contributed by atoms with Crippen LogP contribution in [0, 0.1) is 13.8 Å². The second-order valence-electron chi connectivity index (χ2n) is 3.92. The fourth-order valence-corrected chi connectivity index (χ4v) is 1.95. The summed E-state index contributed by atoms with van der Waals surface area (Å²) < 4.78 is 0. The van der Waals surface area contributed by atoms with Gasteiger partial charge in [-0.3, -0.25) is 4.98 Å². The smallest absolute Gasteiger partial charge is 0.0755 e. The summed E-state index contributed by atoms with van der Waals surface area (Å²) in [6.45, 7) is 6.23. The van der Waals surface area contributed by atoms with E-state index < -0.39 is 0 Å². The third-order valence-corrected chi connectivity index (χ3v) is 2.95. The number of nitrogens with two attached hydrogens (primary N) is 1. The van der Waals surface area contributed by atoms with E-state index in [2.05, 4.69) is 24.9 Å². The summed E-state index contributed by atoms with van der Waals surface area (Å²) in [5, 5.41) is 1.07. The predicted molar refractivity (Wildman–Crippen MR) is 65.0 cm³/mol. The lowest BCUT2D eigenvalue weighted by atomic mass is 10.0. The molecule has 0 atom stereocenters. The molecule has 15 heavy (non-hydrogen) atoms.